The topological polar surface area (TPSA) is 94.8 Å². The fraction of sp³-hybridized carbons (Fsp3) is 0.867. The molecule has 0 aromatic heterocycles. The van der Waals surface area contributed by atoms with Crippen LogP contribution >= 0.6 is 0 Å². The molecule has 6 fully saturated rings. The van der Waals surface area contributed by atoms with Crippen molar-refractivity contribution >= 4 is 11.8 Å². The largest absolute Gasteiger partial charge is 0.481 e. The monoisotopic (exact) mass is 897 g/mol. The van der Waals surface area contributed by atoms with E-state index < -0.39 is 11.4 Å². The lowest BCUT2D eigenvalue weighted by Crippen LogP contribution is -2.66. The maximum atomic E-state index is 14.2. The lowest BCUT2D eigenvalue weighted by atomic mass is 9.33. The third kappa shape index (κ3) is 6.96. The van der Waals surface area contributed by atoms with Crippen LogP contribution in [0.15, 0.2) is 34.4 Å². The first kappa shape index (κ1) is 49.7. The van der Waals surface area contributed by atoms with Crippen molar-refractivity contribution in [2.75, 3.05) is 0 Å². The molecule has 0 aromatic rings. The molecule has 366 valence electrons. The van der Waals surface area contributed by atoms with Crippen LogP contribution in [0.25, 0.3) is 0 Å². The van der Waals surface area contributed by atoms with Gasteiger partial charge in [0.1, 0.15) is 0 Å². The number of allylic oxidation sites excluding steroid dienone is 6. The van der Waals surface area contributed by atoms with Gasteiger partial charge in [0, 0.05) is 5.92 Å². The van der Waals surface area contributed by atoms with E-state index in [1.807, 2.05) is 24.1 Å². The summed E-state index contributed by atoms with van der Waals surface area (Å²) in [7, 11) is 0. The van der Waals surface area contributed by atoms with Crippen molar-refractivity contribution < 1.29 is 24.9 Å². The molecule has 9 aliphatic carbocycles. The summed E-state index contributed by atoms with van der Waals surface area (Å²) in [5.41, 5.74) is 6.55. The van der Waals surface area contributed by atoms with Gasteiger partial charge in [-0.1, -0.05) is 111 Å². The van der Waals surface area contributed by atoms with Gasteiger partial charge in [-0.05, 0) is 227 Å². The van der Waals surface area contributed by atoms with E-state index in [9.17, 15) is 24.9 Å². The molecule has 16 atom stereocenters. The molecule has 16 unspecified atom stereocenters. The molecule has 6 saturated carbocycles. The van der Waals surface area contributed by atoms with E-state index in [0.717, 1.165) is 69.6 Å². The van der Waals surface area contributed by atoms with Crippen LogP contribution in [0.3, 0.4) is 0 Å². The Morgan fingerprint density at radius 3 is 1.97 bits per heavy atom. The van der Waals surface area contributed by atoms with Crippen LogP contribution in [0.1, 0.15) is 226 Å². The number of aliphatic hydroxyl groups is 2. The standard InChI is InChI=1S/C30H46O4.C30H50O/c1-25(2)21-8-11-30(7)23(28(21,5)10-9-22(25)32)20(31)16-18-19-17-27(4,24(33)34)13-12-26(19,3)14-15-29(18,30)6;1-20(2)10-9-11-21(3)22-14-18-30(8)24-12-13-25-27(4,5)26(31)16-17-28(25,6)23(24)15-19-29(22,30)7/h16,19,21-23,32H,8-15,17H2,1-7H3,(H,33,34);10,21-22,25-26,31H,9,11-19H2,1-8H3. The van der Waals surface area contributed by atoms with Gasteiger partial charge in [0.15, 0.2) is 5.78 Å². The predicted molar refractivity (Wildman–Crippen MR) is 266 cm³/mol. The number of aliphatic carboxylic acids is 1. The molecule has 0 aliphatic heterocycles. The van der Waals surface area contributed by atoms with E-state index in [4.69, 9.17) is 0 Å². The highest BCUT2D eigenvalue weighted by Gasteiger charge is 2.70. The molecule has 0 heterocycles. The molecule has 65 heavy (non-hydrogen) atoms. The molecule has 3 N–H and O–H groups in total. The average molecular weight is 897 g/mol. The van der Waals surface area contributed by atoms with Crippen molar-refractivity contribution in [3.05, 3.63) is 34.4 Å². The minimum atomic E-state index is -0.711. The van der Waals surface area contributed by atoms with Crippen molar-refractivity contribution in [2.45, 2.75) is 238 Å². The second kappa shape index (κ2) is 15.9. The molecule has 5 heteroatoms. The van der Waals surface area contributed by atoms with Gasteiger partial charge in [0.25, 0.3) is 0 Å². The van der Waals surface area contributed by atoms with Gasteiger partial charge in [0.2, 0.25) is 0 Å². The molecule has 9 rings (SSSR count). The first-order valence-electron chi connectivity index (χ1n) is 27.1. The van der Waals surface area contributed by atoms with Crippen LogP contribution in [0.5, 0.6) is 0 Å². The minimum Gasteiger partial charge on any atom is -0.481 e. The lowest BCUT2D eigenvalue weighted by molar-refractivity contribution is -0.202. The zero-order chi connectivity index (χ0) is 47.9. The highest BCUT2D eigenvalue weighted by atomic mass is 16.4. The highest BCUT2D eigenvalue weighted by Crippen LogP contribution is 2.76. The Kier molecular flexibility index (Phi) is 12.2. The SMILES string of the molecule is CC(C)=CCCC(C)C1CCC2(C)C3=C(CCC12C)C1(C)CCC(O)C(C)(C)C1CC3.CC1(C(=O)O)CCC2(C)CCC3(C)C(=CC(=O)C4C5(C)CCC(O)C(C)(C)C5CCC43C)C2C1. The maximum Gasteiger partial charge on any atom is 0.309 e. The number of hydrogen-bond donors (Lipinski definition) is 3. The van der Waals surface area contributed by atoms with Crippen LogP contribution in [0.4, 0.5) is 0 Å². The number of carbonyl (C=O) groups is 2. The Labute approximate surface area is 397 Å². The Balaban J connectivity index is 0.000000178. The summed E-state index contributed by atoms with van der Waals surface area (Å²) < 4.78 is 0. The van der Waals surface area contributed by atoms with Crippen molar-refractivity contribution in [3.8, 4) is 0 Å². The first-order chi connectivity index (χ1) is 29.9. The molecular weight excluding hydrogens is 801 g/mol. The van der Waals surface area contributed by atoms with Gasteiger partial charge in [-0.3, -0.25) is 9.59 Å². The second-order valence-electron chi connectivity index (χ2n) is 28.5. The summed E-state index contributed by atoms with van der Waals surface area (Å²) in [6.45, 7) is 35.5. The number of fused-ring (bicyclic) bond motifs is 11. The van der Waals surface area contributed by atoms with Crippen molar-refractivity contribution in [3.63, 3.8) is 0 Å². The van der Waals surface area contributed by atoms with Gasteiger partial charge in [-0.25, -0.2) is 0 Å². The number of ketones is 1. The average Bonchev–Trinajstić information content (AvgIpc) is 3.50. The lowest BCUT2D eigenvalue weighted by Gasteiger charge is -2.70. The normalized spacial score (nSPS) is 49.7. The third-order valence-electron chi connectivity index (χ3n) is 24.7. The molecule has 0 radical (unpaired) electrons. The summed E-state index contributed by atoms with van der Waals surface area (Å²) >= 11 is 0. The van der Waals surface area contributed by atoms with E-state index in [1.165, 1.54) is 68.9 Å². The molecule has 5 nitrogen and oxygen atoms in total. The summed E-state index contributed by atoms with van der Waals surface area (Å²) in [5, 5.41) is 31.7. The molecule has 0 aromatic carbocycles. The van der Waals surface area contributed by atoms with Crippen LogP contribution < -0.4 is 0 Å². The van der Waals surface area contributed by atoms with Crippen molar-refractivity contribution in [1.82, 2.24) is 0 Å². The number of rotatable bonds is 5. The summed E-state index contributed by atoms with van der Waals surface area (Å²) in [6.07, 6.45) is 25.1. The van der Waals surface area contributed by atoms with Crippen LogP contribution in [0.2, 0.25) is 0 Å². The summed E-state index contributed by atoms with van der Waals surface area (Å²) in [4.78, 5) is 26.4. The van der Waals surface area contributed by atoms with Crippen LogP contribution in [0, 0.1) is 89.7 Å². The van der Waals surface area contributed by atoms with Gasteiger partial charge in [-0.15, -0.1) is 0 Å². The maximum absolute atomic E-state index is 14.2. The van der Waals surface area contributed by atoms with Gasteiger partial charge in [0.05, 0.1) is 17.6 Å². The van der Waals surface area contributed by atoms with E-state index in [1.54, 1.807) is 0 Å². The fourth-order valence-corrected chi connectivity index (χ4v) is 19.8. The minimum absolute atomic E-state index is 0.0296. The Hall–Kier alpha value is -1.72. The van der Waals surface area contributed by atoms with E-state index in [2.05, 4.69) is 103 Å². The van der Waals surface area contributed by atoms with E-state index in [-0.39, 0.29) is 62.3 Å². The van der Waals surface area contributed by atoms with Gasteiger partial charge < -0.3 is 15.3 Å². The Morgan fingerprint density at radius 1 is 0.692 bits per heavy atom. The van der Waals surface area contributed by atoms with Gasteiger partial charge in [-0.2, -0.15) is 0 Å². The molecule has 0 spiro atoms. The number of aliphatic hydroxyl groups excluding tert-OH is 2. The predicted octanol–water partition coefficient (Wildman–Crippen LogP) is 14.9. The first-order valence-corrected chi connectivity index (χ1v) is 27.1. The molecule has 0 bridgehead atoms. The van der Waals surface area contributed by atoms with Crippen LogP contribution in [-0.4, -0.2) is 39.3 Å². The zero-order valence-corrected chi connectivity index (χ0v) is 44.4. The molecule has 0 saturated heterocycles. The second-order valence-corrected chi connectivity index (χ2v) is 28.5. The zero-order valence-electron chi connectivity index (χ0n) is 44.4. The molecular formula is C60H96O5. The van der Waals surface area contributed by atoms with E-state index >= 15 is 0 Å². The van der Waals surface area contributed by atoms with Crippen LogP contribution in [-0.2, 0) is 9.59 Å². The third-order valence-corrected chi connectivity index (χ3v) is 24.7. The quantitative estimate of drug-likeness (QED) is 0.239. The van der Waals surface area contributed by atoms with Crippen molar-refractivity contribution in [2.24, 2.45) is 89.7 Å². The van der Waals surface area contributed by atoms with Gasteiger partial charge >= 0.3 is 5.97 Å². The highest BCUT2D eigenvalue weighted by molar-refractivity contribution is 5.95. The molecule has 9 aliphatic rings. The number of carboxylic acids is 1. The number of hydrogen-bond acceptors (Lipinski definition) is 4. The number of carboxylic acid groups (broad SMARTS) is 1. The molecule has 0 amide bonds. The number of carbonyl (C=O) groups excluding carboxylic acids is 1. The fourth-order valence-electron chi connectivity index (χ4n) is 19.8. The van der Waals surface area contributed by atoms with E-state index in [0.29, 0.717) is 34.5 Å². The smallest absolute Gasteiger partial charge is 0.309 e. The summed E-state index contributed by atoms with van der Waals surface area (Å²) in [5.74, 6) is 2.38. The Bertz CT molecular complexity index is 2020. The van der Waals surface area contributed by atoms with Crippen molar-refractivity contribution in [1.29, 1.82) is 0 Å². The Morgan fingerprint density at radius 2 is 1.32 bits per heavy atom. The summed E-state index contributed by atoms with van der Waals surface area (Å²) in [6, 6.07) is 0.